The Balaban J connectivity index is 1.84. The Bertz CT molecular complexity index is 424. The van der Waals surface area contributed by atoms with Gasteiger partial charge in [0.05, 0.1) is 6.10 Å². The van der Waals surface area contributed by atoms with Gasteiger partial charge in [-0.2, -0.15) is 0 Å². The number of nitrogens with one attached hydrogen (secondary N) is 2. The molecular weight excluding hydrogens is 270 g/mol. The number of nitrogens with two attached hydrogens (primary N) is 1. The van der Waals surface area contributed by atoms with Crippen LogP contribution in [0.3, 0.4) is 0 Å². The van der Waals surface area contributed by atoms with E-state index in [0.29, 0.717) is 19.7 Å². The minimum Gasteiger partial charge on any atom is -0.377 e. The molecule has 4 N–H and O–H groups in total. The number of carbonyl (C=O) groups is 2. The Morgan fingerprint density at radius 1 is 1.29 bits per heavy atom. The van der Waals surface area contributed by atoms with Crippen LogP contribution in [0.5, 0.6) is 0 Å². The van der Waals surface area contributed by atoms with E-state index in [-0.39, 0.29) is 35.7 Å². The second-order valence-corrected chi connectivity index (χ2v) is 6.63. The third-order valence-corrected chi connectivity index (χ3v) is 5.04. The number of rotatable bonds is 6. The van der Waals surface area contributed by atoms with Crippen LogP contribution in [-0.4, -0.2) is 43.2 Å². The molecule has 0 bridgehead atoms. The molecule has 0 aromatic heterocycles. The lowest BCUT2D eigenvalue weighted by molar-refractivity contribution is -0.175. The van der Waals surface area contributed by atoms with E-state index in [1.54, 1.807) is 0 Å². The summed E-state index contributed by atoms with van der Waals surface area (Å²) in [6, 6.07) is 0. The van der Waals surface area contributed by atoms with Crippen LogP contribution in [-0.2, 0) is 14.3 Å². The van der Waals surface area contributed by atoms with Crippen LogP contribution in [0.15, 0.2) is 0 Å². The van der Waals surface area contributed by atoms with Crippen LogP contribution >= 0.6 is 0 Å². The van der Waals surface area contributed by atoms with E-state index in [1.807, 2.05) is 20.8 Å². The fraction of sp³-hybridized carbons (Fsp3) is 0.867. The lowest BCUT2D eigenvalue weighted by atomic mass is 9.48. The number of hydrogen-bond donors (Lipinski definition) is 3. The lowest BCUT2D eigenvalue weighted by Crippen LogP contribution is -2.80. The Morgan fingerprint density at radius 2 is 2.00 bits per heavy atom. The van der Waals surface area contributed by atoms with Crippen molar-refractivity contribution in [3.05, 3.63) is 0 Å². The fourth-order valence-corrected chi connectivity index (χ4v) is 3.63. The number of amides is 2. The summed E-state index contributed by atoms with van der Waals surface area (Å²) in [6.45, 7) is 7.62. The maximum Gasteiger partial charge on any atom is 0.241 e. The van der Waals surface area contributed by atoms with E-state index >= 15 is 0 Å². The monoisotopic (exact) mass is 297 g/mol. The van der Waals surface area contributed by atoms with E-state index in [4.69, 9.17) is 10.5 Å². The largest absolute Gasteiger partial charge is 0.377 e. The third kappa shape index (κ3) is 2.55. The van der Waals surface area contributed by atoms with Crippen molar-refractivity contribution in [1.82, 2.24) is 10.6 Å². The van der Waals surface area contributed by atoms with Crippen molar-refractivity contribution in [2.45, 2.75) is 51.7 Å². The summed E-state index contributed by atoms with van der Waals surface area (Å²) in [4.78, 5) is 24.0. The van der Waals surface area contributed by atoms with Crippen LogP contribution in [0.1, 0.15) is 40.0 Å². The molecule has 1 aliphatic carbocycles. The summed E-state index contributed by atoms with van der Waals surface area (Å²) in [6.07, 6.45) is 2.09. The van der Waals surface area contributed by atoms with Gasteiger partial charge in [-0.15, -0.1) is 0 Å². The molecule has 1 saturated heterocycles. The molecule has 6 heteroatoms. The predicted octanol–water partition coefficient (Wildman–Crippen LogP) is 0.161. The highest BCUT2D eigenvalue weighted by molar-refractivity contribution is 5.90. The molecule has 120 valence electrons. The van der Waals surface area contributed by atoms with Crippen molar-refractivity contribution < 1.29 is 14.3 Å². The van der Waals surface area contributed by atoms with Crippen molar-refractivity contribution in [2.24, 2.45) is 17.1 Å². The van der Waals surface area contributed by atoms with Gasteiger partial charge in [0, 0.05) is 37.5 Å². The van der Waals surface area contributed by atoms with E-state index in [2.05, 4.69) is 10.6 Å². The molecule has 3 unspecified atom stereocenters. The molecule has 3 atom stereocenters. The highest BCUT2D eigenvalue weighted by Gasteiger charge is 2.71. The zero-order chi connectivity index (χ0) is 15.7. The van der Waals surface area contributed by atoms with Gasteiger partial charge in [0.25, 0.3) is 0 Å². The highest BCUT2D eigenvalue weighted by atomic mass is 16.5. The van der Waals surface area contributed by atoms with Crippen molar-refractivity contribution in [2.75, 3.05) is 19.7 Å². The standard InChI is InChI=1S/C15H27N3O3/c1-4-7-17-11(19)5-8-18-13(20)15(16)10-6-9-21-12(10)14(15,2)3/h10,12H,4-9,16H2,1-3H3,(H,17,19)(H,18,20). The minimum absolute atomic E-state index is 0.0434. The molecular formula is C15H27N3O3. The second-order valence-electron chi connectivity index (χ2n) is 6.63. The van der Waals surface area contributed by atoms with Crippen LogP contribution in [0.4, 0.5) is 0 Å². The zero-order valence-corrected chi connectivity index (χ0v) is 13.2. The second kappa shape index (κ2) is 5.93. The highest BCUT2D eigenvalue weighted by Crippen LogP contribution is 2.58. The molecule has 2 amide bonds. The molecule has 0 aromatic carbocycles. The van der Waals surface area contributed by atoms with Gasteiger partial charge in [0.2, 0.25) is 11.8 Å². The van der Waals surface area contributed by atoms with Gasteiger partial charge < -0.3 is 21.1 Å². The average molecular weight is 297 g/mol. The van der Waals surface area contributed by atoms with Gasteiger partial charge in [0.15, 0.2) is 0 Å². The van der Waals surface area contributed by atoms with Crippen molar-refractivity contribution in [3.8, 4) is 0 Å². The molecule has 1 aliphatic heterocycles. The summed E-state index contributed by atoms with van der Waals surface area (Å²) >= 11 is 0. The molecule has 2 aliphatic rings. The molecule has 2 fully saturated rings. The van der Waals surface area contributed by atoms with Crippen LogP contribution in [0, 0.1) is 11.3 Å². The van der Waals surface area contributed by atoms with Gasteiger partial charge in [-0.05, 0) is 12.8 Å². The number of hydrogen-bond acceptors (Lipinski definition) is 4. The maximum absolute atomic E-state index is 12.5. The van der Waals surface area contributed by atoms with Crippen molar-refractivity contribution in [3.63, 3.8) is 0 Å². The van der Waals surface area contributed by atoms with Gasteiger partial charge >= 0.3 is 0 Å². The number of carbonyl (C=O) groups excluding carboxylic acids is 2. The molecule has 0 radical (unpaired) electrons. The van der Waals surface area contributed by atoms with E-state index in [0.717, 1.165) is 12.8 Å². The topological polar surface area (TPSA) is 93.5 Å². The summed E-state index contributed by atoms with van der Waals surface area (Å²) < 4.78 is 5.68. The van der Waals surface area contributed by atoms with Gasteiger partial charge in [-0.25, -0.2) is 0 Å². The molecule has 0 aromatic rings. The Morgan fingerprint density at radius 3 is 2.67 bits per heavy atom. The number of ether oxygens (including phenoxy) is 1. The minimum atomic E-state index is -0.895. The quantitative estimate of drug-likeness (QED) is 0.651. The molecule has 1 saturated carbocycles. The normalized spacial score (nSPS) is 33.0. The predicted molar refractivity (Wildman–Crippen MR) is 79.5 cm³/mol. The first-order chi connectivity index (χ1) is 9.85. The Hall–Kier alpha value is -1.14. The van der Waals surface area contributed by atoms with Gasteiger partial charge in [-0.3, -0.25) is 9.59 Å². The molecule has 6 nitrogen and oxygen atoms in total. The van der Waals surface area contributed by atoms with Crippen molar-refractivity contribution >= 4 is 11.8 Å². The van der Waals surface area contributed by atoms with Gasteiger partial charge in [0.1, 0.15) is 5.54 Å². The summed E-state index contributed by atoms with van der Waals surface area (Å²) in [5, 5.41) is 5.60. The van der Waals surface area contributed by atoms with Crippen molar-refractivity contribution in [1.29, 1.82) is 0 Å². The first-order valence-corrected chi connectivity index (χ1v) is 7.81. The van der Waals surface area contributed by atoms with E-state index in [9.17, 15) is 9.59 Å². The Kier molecular flexibility index (Phi) is 4.58. The smallest absolute Gasteiger partial charge is 0.241 e. The van der Waals surface area contributed by atoms with E-state index in [1.165, 1.54) is 0 Å². The summed E-state index contributed by atoms with van der Waals surface area (Å²) in [5.74, 6) is -0.123. The SMILES string of the molecule is CCCNC(=O)CCNC(=O)C1(N)C2CCOC2C1(C)C. The first-order valence-electron chi connectivity index (χ1n) is 7.81. The Labute approximate surface area is 126 Å². The first kappa shape index (κ1) is 16.2. The number of fused-ring (bicyclic) bond motifs is 1. The maximum atomic E-state index is 12.5. The van der Waals surface area contributed by atoms with Crippen LogP contribution in [0.25, 0.3) is 0 Å². The molecule has 21 heavy (non-hydrogen) atoms. The summed E-state index contributed by atoms with van der Waals surface area (Å²) in [7, 11) is 0. The van der Waals surface area contributed by atoms with E-state index < -0.39 is 5.54 Å². The lowest BCUT2D eigenvalue weighted by Gasteiger charge is -2.60. The fourth-order valence-electron chi connectivity index (χ4n) is 3.63. The molecule has 2 rings (SSSR count). The third-order valence-electron chi connectivity index (χ3n) is 5.04. The molecule has 1 heterocycles. The zero-order valence-electron chi connectivity index (χ0n) is 13.2. The van der Waals surface area contributed by atoms with Gasteiger partial charge in [-0.1, -0.05) is 20.8 Å². The summed E-state index contributed by atoms with van der Waals surface area (Å²) in [5.41, 5.74) is 5.15. The van der Waals surface area contributed by atoms with Crippen LogP contribution < -0.4 is 16.4 Å². The molecule has 0 spiro atoms. The average Bonchev–Trinajstić information content (AvgIpc) is 2.92. The van der Waals surface area contributed by atoms with Crippen LogP contribution in [0.2, 0.25) is 0 Å².